The first-order chi connectivity index (χ1) is 13.3. The van der Waals surface area contributed by atoms with Crippen molar-refractivity contribution in [2.75, 3.05) is 32.7 Å². The van der Waals surface area contributed by atoms with Crippen LogP contribution in [0.25, 0.3) is 0 Å². The van der Waals surface area contributed by atoms with Gasteiger partial charge >= 0.3 is 0 Å². The molecule has 28 heavy (non-hydrogen) atoms. The molecule has 2 aliphatic rings. The molecule has 1 saturated heterocycles. The number of carbonyl (C=O) groups excluding carboxylic acids is 1. The minimum Gasteiger partial charge on any atom is -0.357 e. The van der Waals surface area contributed by atoms with Crippen molar-refractivity contribution >= 4 is 35.8 Å². The van der Waals surface area contributed by atoms with Crippen LogP contribution in [0.4, 0.5) is 0 Å². The van der Waals surface area contributed by atoms with Crippen LogP contribution in [0.5, 0.6) is 0 Å². The van der Waals surface area contributed by atoms with Gasteiger partial charge in [-0.05, 0) is 32.6 Å². The van der Waals surface area contributed by atoms with E-state index in [2.05, 4.69) is 37.3 Å². The molecule has 2 aliphatic heterocycles. The summed E-state index contributed by atoms with van der Waals surface area (Å²) in [5, 5.41) is 15.4. The van der Waals surface area contributed by atoms with Crippen LogP contribution in [0, 0.1) is 0 Å². The zero-order valence-corrected chi connectivity index (χ0v) is 19.3. The van der Waals surface area contributed by atoms with Crippen molar-refractivity contribution in [2.45, 2.75) is 64.8 Å². The second-order valence-electron chi connectivity index (χ2n) is 7.27. The zero-order valence-electron chi connectivity index (χ0n) is 17.0. The minimum absolute atomic E-state index is 0. The molecule has 2 N–H and O–H groups in total. The number of hydrogen-bond acceptors (Lipinski definition) is 4. The fourth-order valence-corrected chi connectivity index (χ4v) is 3.76. The molecular weight excluding hydrogens is 469 g/mol. The molecule has 0 radical (unpaired) electrons. The van der Waals surface area contributed by atoms with E-state index in [0.717, 1.165) is 82.6 Å². The number of nitrogens with one attached hydrogen (secondary N) is 2. The highest BCUT2D eigenvalue weighted by molar-refractivity contribution is 14.0. The molecule has 0 saturated carbocycles. The van der Waals surface area contributed by atoms with Gasteiger partial charge in [-0.15, -0.1) is 34.2 Å². The summed E-state index contributed by atoms with van der Waals surface area (Å²) >= 11 is 0. The summed E-state index contributed by atoms with van der Waals surface area (Å²) in [6.45, 7) is 7.17. The molecule has 0 aromatic carbocycles. The van der Waals surface area contributed by atoms with Gasteiger partial charge < -0.3 is 20.1 Å². The molecule has 1 amide bonds. The van der Waals surface area contributed by atoms with E-state index in [1.54, 1.807) is 0 Å². The lowest BCUT2D eigenvalue weighted by atomic mass is 10.2. The summed E-state index contributed by atoms with van der Waals surface area (Å²) in [4.78, 5) is 18.2. The second kappa shape index (κ2) is 12.2. The summed E-state index contributed by atoms with van der Waals surface area (Å²) < 4.78 is 2.30. The molecule has 1 fully saturated rings. The standard InChI is InChI=1S/C19H33N7O.HI/c1-2-20-19(21-11-7-14-25-13-6-9-18(25)27)22-12-10-17-24-23-16-8-4-3-5-15-26(16)17;/h2-15H2,1H3,(H2,20,21,22);1H. The van der Waals surface area contributed by atoms with Crippen LogP contribution in [0.1, 0.15) is 57.1 Å². The van der Waals surface area contributed by atoms with Crippen molar-refractivity contribution in [3.05, 3.63) is 11.6 Å². The molecule has 9 heteroatoms. The lowest BCUT2D eigenvalue weighted by molar-refractivity contribution is -0.127. The van der Waals surface area contributed by atoms with Gasteiger partial charge in [-0.1, -0.05) is 6.42 Å². The van der Waals surface area contributed by atoms with Gasteiger partial charge in [-0.25, -0.2) is 0 Å². The minimum atomic E-state index is 0. The van der Waals surface area contributed by atoms with E-state index in [9.17, 15) is 4.79 Å². The lowest BCUT2D eigenvalue weighted by Gasteiger charge is -2.15. The molecule has 1 aromatic heterocycles. The third-order valence-electron chi connectivity index (χ3n) is 5.20. The summed E-state index contributed by atoms with van der Waals surface area (Å²) in [6.07, 6.45) is 8.22. The van der Waals surface area contributed by atoms with E-state index in [4.69, 9.17) is 0 Å². The summed E-state index contributed by atoms with van der Waals surface area (Å²) in [6, 6.07) is 0. The first kappa shape index (κ1) is 22.9. The van der Waals surface area contributed by atoms with E-state index in [1.807, 2.05) is 4.90 Å². The van der Waals surface area contributed by atoms with Crippen LogP contribution in [0.2, 0.25) is 0 Å². The van der Waals surface area contributed by atoms with E-state index >= 15 is 0 Å². The Morgan fingerprint density at radius 2 is 2.00 bits per heavy atom. The summed E-state index contributed by atoms with van der Waals surface area (Å²) in [5.74, 6) is 3.33. The largest absolute Gasteiger partial charge is 0.357 e. The average Bonchev–Trinajstić information content (AvgIpc) is 3.16. The van der Waals surface area contributed by atoms with Crippen LogP contribution >= 0.6 is 24.0 Å². The van der Waals surface area contributed by atoms with Gasteiger partial charge in [0.05, 0.1) is 0 Å². The molecule has 1 aromatic rings. The molecule has 0 unspecified atom stereocenters. The first-order valence-corrected chi connectivity index (χ1v) is 10.5. The van der Waals surface area contributed by atoms with Crippen LogP contribution in [-0.4, -0.2) is 64.3 Å². The highest BCUT2D eigenvalue weighted by Crippen LogP contribution is 2.14. The lowest BCUT2D eigenvalue weighted by Crippen LogP contribution is -2.38. The van der Waals surface area contributed by atoms with Crippen LogP contribution < -0.4 is 10.6 Å². The molecule has 3 heterocycles. The predicted octanol–water partition coefficient (Wildman–Crippen LogP) is 1.73. The van der Waals surface area contributed by atoms with Crippen molar-refractivity contribution < 1.29 is 4.79 Å². The molecule has 0 aliphatic carbocycles. The predicted molar refractivity (Wildman–Crippen MR) is 121 cm³/mol. The smallest absolute Gasteiger partial charge is 0.222 e. The van der Waals surface area contributed by atoms with Gasteiger partial charge in [0.25, 0.3) is 0 Å². The van der Waals surface area contributed by atoms with Gasteiger partial charge in [0.2, 0.25) is 5.91 Å². The third-order valence-corrected chi connectivity index (χ3v) is 5.20. The number of aryl methyl sites for hydroxylation is 1. The number of fused-ring (bicyclic) bond motifs is 1. The molecule has 0 bridgehead atoms. The molecule has 158 valence electrons. The van der Waals surface area contributed by atoms with E-state index in [1.165, 1.54) is 19.3 Å². The van der Waals surface area contributed by atoms with Gasteiger partial charge in [-0.3, -0.25) is 9.79 Å². The zero-order chi connectivity index (χ0) is 18.9. The number of amides is 1. The number of carbonyl (C=O) groups is 1. The van der Waals surface area contributed by atoms with Crippen molar-refractivity contribution in [3.8, 4) is 0 Å². The van der Waals surface area contributed by atoms with Gasteiger partial charge in [0, 0.05) is 58.5 Å². The molecular formula is C19H34IN7O. The number of nitrogens with zero attached hydrogens (tertiary/aromatic N) is 5. The maximum absolute atomic E-state index is 11.6. The highest BCUT2D eigenvalue weighted by atomic mass is 127. The fraction of sp³-hybridized carbons (Fsp3) is 0.789. The van der Waals surface area contributed by atoms with Crippen molar-refractivity contribution in [3.63, 3.8) is 0 Å². The number of aromatic nitrogens is 3. The van der Waals surface area contributed by atoms with Gasteiger partial charge in [0.1, 0.15) is 11.6 Å². The Bertz CT molecular complexity index is 646. The van der Waals surface area contributed by atoms with E-state index < -0.39 is 0 Å². The van der Waals surface area contributed by atoms with Crippen molar-refractivity contribution in [1.82, 2.24) is 30.3 Å². The number of aliphatic imine (C=N–C) groups is 1. The molecule has 0 spiro atoms. The summed E-state index contributed by atoms with van der Waals surface area (Å²) in [7, 11) is 0. The SMILES string of the molecule is CCNC(=NCCCN1CCCC1=O)NCCc1nnc2n1CCCCC2.I. The van der Waals surface area contributed by atoms with Crippen molar-refractivity contribution in [1.29, 1.82) is 0 Å². The van der Waals surface area contributed by atoms with E-state index in [-0.39, 0.29) is 29.9 Å². The molecule has 3 rings (SSSR count). The number of halogens is 1. The fourth-order valence-electron chi connectivity index (χ4n) is 3.76. The molecule has 8 nitrogen and oxygen atoms in total. The second-order valence-corrected chi connectivity index (χ2v) is 7.27. The maximum Gasteiger partial charge on any atom is 0.222 e. The topological polar surface area (TPSA) is 87.4 Å². The third kappa shape index (κ3) is 6.59. The average molecular weight is 503 g/mol. The first-order valence-electron chi connectivity index (χ1n) is 10.5. The monoisotopic (exact) mass is 503 g/mol. The summed E-state index contributed by atoms with van der Waals surface area (Å²) in [5.41, 5.74) is 0. The van der Waals surface area contributed by atoms with Gasteiger partial charge in [0.15, 0.2) is 5.96 Å². The number of rotatable bonds is 8. The Balaban J connectivity index is 0.00000280. The number of guanidine groups is 1. The quantitative estimate of drug-likeness (QED) is 0.244. The maximum atomic E-state index is 11.6. The Hall–Kier alpha value is -1.39. The number of hydrogen-bond donors (Lipinski definition) is 2. The number of likely N-dealkylation sites (tertiary alicyclic amines) is 1. The van der Waals surface area contributed by atoms with Crippen LogP contribution in [-0.2, 0) is 24.2 Å². The Labute approximate surface area is 185 Å². The highest BCUT2D eigenvalue weighted by Gasteiger charge is 2.19. The Morgan fingerprint density at radius 3 is 2.79 bits per heavy atom. The van der Waals surface area contributed by atoms with Crippen LogP contribution in [0.15, 0.2) is 4.99 Å². The van der Waals surface area contributed by atoms with Crippen molar-refractivity contribution in [2.24, 2.45) is 4.99 Å². The molecule has 0 atom stereocenters. The normalized spacial score (nSPS) is 17.1. The van der Waals surface area contributed by atoms with Gasteiger partial charge in [-0.2, -0.15) is 0 Å². The Kier molecular flexibility index (Phi) is 10.0. The van der Waals surface area contributed by atoms with E-state index in [0.29, 0.717) is 6.42 Å². The van der Waals surface area contributed by atoms with Crippen LogP contribution in [0.3, 0.4) is 0 Å². The Morgan fingerprint density at radius 1 is 1.11 bits per heavy atom.